The number of para-hydroxylation sites is 1. The SMILES string of the molecule is COc1ccccc1C(=O)NCCN(C(C)=O)c1cc(C)ccc1OC. The number of amides is 2. The highest BCUT2D eigenvalue weighted by Gasteiger charge is 2.17. The number of aryl methyl sites for hydroxylation is 1. The molecule has 2 rings (SSSR count). The molecule has 2 aromatic carbocycles. The van der Waals surface area contributed by atoms with Gasteiger partial charge in [0.05, 0.1) is 25.5 Å². The number of hydrogen-bond donors (Lipinski definition) is 1. The molecule has 26 heavy (non-hydrogen) atoms. The lowest BCUT2D eigenvalue weighted by Gasteiger charge is -2.24. The van der Waals surface area contributed by atoms with Crippen LogP contribution < -0.4 is 19.7 Å². The fraction of sp³-hybridized carbons (Fsp3) is 0.300. The average molecular weight is 356 g/mol. The van der Waals surface area contributed by atoms with Crippen molar-refractivity contribution in [3.8, 4) is 11.5 Å². The summed E-state index contributed by atoms with van der Waals surface area (Å²) in [5.41, 5.74) is 2.16. The highest BCUT2D eigenvalue weighted by Crippen LogP contribution is 2.29. The van der Waals surface area contributed by atoms with E-state index in [4.69, 9.17) is 9.47 Å². The lowest BCUT2D eigenvalue weighted by Crippen LogP contribution is -2.37. The van der Waals surface area contributed by atoms with Gasteiger partial charge in [0, 0.05) is 20.0 Å². The standard InChI is InChI=1S/C20H24N2O4/c1-14-9-10-19(26-4)17(13-14)22(15(2)23)12-11-21-20(24)16-7-5-6-8-18(16)25-3/h5-10,13H,11-12H2,1-4H3,(H,21,24). The first-order valence-corrected chi connectivity index (χ1v) is 8.32. The Kier molecular flexibility index (Phi) is 6.60. The van der Waals surface area contributed by atoms with E-state index < -0.39 is 0 Å². The minimum absolute atomic E-state index is 0.125. The van der Waals surface area contributed by atoms with Crippen LogP contribution >= 0.6 is 0 Å². The molecule has 0 saturated heterocycles. The van der Waals surface area contributed by atoms with Crippen molar-refractivity contribution in [3.63, 3.8) is 0 Å². The van der Waals surface area contributed by atoms with Gasteiger partial charge in [-0.15, -0.1) is 0 Å². The number of rotatable bonds is 7. The van der Waals surface area contributed by atoms with Crippen LogP contribution in [0.15, 0.2) is 42.5 Å². The van der Waals surface area contributed by atoms with Crippen molar-refractivity contribution in [2.45, 2.75) is 13.8 Å². The summed E-state index contributed by atoms with van der Waals surface area (Å²) in [7, 11) is 3.09. The van der Waals surface area contributed by atoms with Crippen LogP contribution in [0.4, 0.5) is 5.69 Å². The van der Waals surface area contributed by atoms with Crippen LogP contribution in [0.3, 0.4) is 0 Å². The van der Waals surface area contributed by atoms with Crippen LogP contribution in [-0.4, -0.2) is 39.1 Å². The second-order valence-electron chi connectivity index (χ2n) is 5.80. The smallest absolute Gasteiger partial charge is 0.255 e. The third-order valence-corrected chi connectivity index (χ3v) is 3.98. The van der Waals surface area contributed by atoms with Crippen molar-refractivity contribution >= 4 is 17.5 Å². The lowest BCUT2D eigenvalue weighted by atomic mass is 10.1. The van der Waals surface area contributed by atoms with Crippen LogP contribution in [0.25, 0.3) is 0 Å². The number of nitrogens with one attached hydrogen (secondary N) is 1. The maximum absolute atomic E-state index is 12.4. The first kappa shape index (κ1) is 19.3. The Labute approximate surface area is 153 Å². The second-order valence-corrected chi connectivity index (χ2v) is 5.80. The van der Waals surface area contributed by atoms with Gasteiger partial charge in [-0.2, -0.15) is 0 Å². The summed E-state index contributed by atoms with van der Waals surface area (Å²) in [6.07, 6.45) is 0. The number of nitrogens with zero attached hydrogens (tertiary/aromatic N) is 1. The minimum Gasteiger partial charge on any atom is -0.496 e. The largest absolute Gasteiger partial charge is 0.496 e. The third kappa shape index (κ3) is 4.53. The summed E-state index contributed by atoms with van der Waals surface area (Å²) in [6, 6.07) is 12.6. The number of anilines is 1. The van der Waals surface area contributed by atoms with Gasteiger partial charge in [-0.3, -0.25) is 9.59 Å². The van der Waals surface area contributed by atoms with Gasteiger partial charge in [-0.25, -0.2) is 0 Å². The topological polar surface area (TPSA) is 67.9 Å². The van der Waals surface area contributed by atoms with E-state index in [-0.39, 0.29) is 11.8 Å². The number of carbonyl (C=O) groups excluding carboxylic acids is 2. The molecular formula is C20H24N2O4. The summed E-state index contributed by atoms with van der Waals surface area (Å²) >= 11 is 0. The van der Waals surface area contributed by atoms with Gasteiger partial charge in [0.1, 0.15) is 11.5 Å². The van der Waals surface area contributed by atoms with E-state index in [1.54, 1.807) is 36.3 Å². The number of benzene rings is 2. The zero-order chi connectivity index (χ0) is 19.1. The Balaban J connectivity index is 2.09. The molecule has 0 bridgehead atoms. The van der Waals surface area contributed by atoms with E-state index in [1.165, 1.54) is 14.0 Å². The van der Waals surface area contributed by atoms with Gasteiger partial charge >= 0.3 is 0 Å². The summed E-state index contributed by atoms with van der Waals surface area (Å²) in [6.45, 7) is 4.07. The van der Waals surface area contributed by atoms with Crippen molar-refractivity contribution in [2.75, 3.05) is 32.2 Å². The Hall–Kier alpha value is -3.02. The first-order chi connectivity index (χ1) is 12.5. The summed E-state index contributed by atoms with van der Waals surface area (Å²) in [4.78, 5) is 26.1. The summed E-state index contributed by atoms with van der Waals surface area (Å²) in [5, 5.41) is 2.83. The Morgan fingerprint density at radius 2 is 1.73 bits per heavy atom. The van der Waals surface area contributed by atoms with Gasteiger partial charge in [-0.1, -0.05) is 18.2 Å². The normalized spacial score (nSPS) is 10.2. The molecule has 2 aromatic rings. The summed E-state index contributed by atoms with van der Waals surface area (Å²) in [5.74, 6) is 0.748. The zero-order valence-electron chi connectivity index (χ0n) is 15.5. The third-order valence-electron chi connectivity index (χ3n) is 3.98. The molecule has 6 nitrogen and oxygen atoms in total. The lowest BCUT2D eigenvalue weighted by molar-refractivity contribution is -0.116. The van der Waals surface area contributed by atoms with Crippen LogP contribution in [-0.2, 0) is 4.79 Å². The molecular weight excluding hydrogens is 332 g/mol. The predicted octanol–water partition coefficient (Wildman–Crippen LogP) is 2.80. The number of ether oxygens (including phenoxy) is 2. The first-order valence-electron chi connectivity index (χ1n) is 8.32. The van der Waals surface area contributed by atoms with E-state index in [1.807, 2.05) is 25.1 Å². The molecule has 0 saturated carbocycles. The quantitative estimate of drug-likeness (QED) is 0.828. The van der Waals surface area contributed by atoms with E-state index >= 15 is 0 Å². The molecule has 0 aliphatic carbocycles. The molecule has 0 heterocycles. The van der Waals surface area contributed by atoms with Gasteiger partial charge in [-0.05, 0) is 36.8 Å². The van der Waals surface area contributed by atoms with Crippen molar-refractivity contribution in [3.05, 3.63) is 53.6 Å². The highest BCUT2D eigenvalue weighted by molar-refractivity contribution is 5.97. The predicted molar refractivity (Wildman–Crippen MR) is 101 cm³/mol. The maximum Gasteiger partial charge on any atom is 0.255 e. The van der Waals surface area contributed by atoms with Crippen LogP contribution in [0.1, 0.15) is 22.8 Å². The Morgan fingerprint density at radius 3 is 2.38 bits per heavy atom. The van der Waals surface area contributed by atoms with Gasteiger partial charge in [0.2, 0.25) is 5.91 Å². The van der Waals surface area contributed by atoms with Gasteiger partial charge in [0.25, 0.3) is 5.91 Å². The molecule has 0 spiro atoms. The van der Waals surface area contributed by atoms with Gasteiger partial charge in [0.15, 0.2) is 0 Å². The van der Waals surface area contributed by atoms with Crippen molar-refractivity contribution < 1.29 is 19.1 Å². The highest BCUT2D eigenvalue weighted by atomic mass is 16.5. The fourth-order valence-electron chi connectivity index (χ4n) is 2.67. The molecule has 0 unspecified atom stereocenters. The fourth-order valence-corrected chi connectivity index (χ4v) is 2.67. The van der Waals surface area contributed by atoms with Crippen LogP contribution in [0.2, 0.25) is 0 Å². The molecule has 0 aliphatic rings. The zero-order valence-corrected chi connectivity index (χ0v) is 15.5. The van der Waals surface area contributed by atoms with Crippen molar-refractivity contribution in [1.82, 2.24) is 5.32 Å². The Morgan fingerprint density at radius 1 is 1.04 bits per heavy atom. The summed E-state index contributed by atoms with van der Waals surface area (Å²) < 4.78 is 10.6. The maximum atomic E-state index is 12.4. The van der Waals surface area contributed by atoms with E-state index in [0.29, 0.717) is 35.8 Å². The monoisotopic (exact) mass is 356 g/mol. The number of carbonyl (C=O) groups is 2. The van der Waals surface area contributed by atoms with E-state index in [2.05, 4.69) is 5.32 Å². The molecule has 1 N–H and O–H groups in total. The van der Waals surface area contributed by atoms with Crippen molar-refractivity contribution in [2.24, 2.45) is 0 Å². The number of hydrogen-bond acceptors (Lipinski definition) is 4. The van der Waals surface area contributed by atoms with Gasteiger partial charge < -0.3 is 19.7 Å². The molecule has 6 heteroatoms. The van der Waals surface area contributed by atoms with Crippen LogP contribution in [0.5, 0.6) is 11.5 Å². The van der Waals surface area contributed by atoms with Crippen LogP contribution in [0, 0.1) is 6.92 Å². The molecule has 0 atom stereocenters. The molecule has 138 valence electrons. The number of methoxy groups -OCH3 is 2. The molecule has 0 aromatic heterocycles. The molecule has 0 radical (unpaired) electrons. The van der Waals surface area contributed by atoms with E-state index in [0.717, 1.165) is 5.56 Å². The molecule has 0 aliphatic heterocycles. The Bertz CT molecular complexity index is 789. The van der Waals surface area contributed by atoms with E-state index in [9.17, 15) is 9.59 Å². The van der Waals surface area contributed by atoms with Crippen molar-refractivity contribution in [1.29, 1.82) is 0 Å². The minimum atomic E-state index is -0.248. The molecule has 2 amide bonds. The second kappa shape index (κ2) is 8.89. The average Bonchev–Trinajstić information content (AvgIpc) is 2.64. The molecule has 0 fully saturated rings.